The molecule has 0 amide bonds. The van der Waals surface area contributed by atoms with Crippen LogP contribution in [-0.2, 0) is 4.79 Å². The first-order valence-corrected chi connectivity index (χ1v) is 5.29. The lowest BCUT2D eigenvalue weighted by Crippen LogP contribution is -2.69. The molecule has 4 atom stereocenters. The number of carbonyl (C=O) groups is 1. The fraction of sp³-hybridized carbons (Fsp3) is 0.909. The summed E-state index contributed by atoms with van der Waals surface area (Å²) in [6.07, 6.45) is 1.87. The van der Waals surface area contributed by atoms with Crippen LogP contribution < -0.4 is 5.73 Å². The minimum absolute atomic E-state index is 0. The molecule has 3 saturated carbocycles. The largest absolute Gasteiger partial charge is 0.481 e. The average Bonchev–Trinajstić information content (AvgIpc) is 2.00. The van der Waals surface area contributed by atoms with Crippen LogP contribution in [0.4, 0.5) is 0 Å². The van der Waals surface area contributed by atoms with Crippen molar-refractivity contribution >= 4 is 18.4 Å². The van der Waals surface area contributed by atoms with Gasteiger partial charge in [-0.1, -0.05) is 13.8 Å². The Balaban J connectivity index is 0.00000112. The van der Waals surface area contributed by atoms with Gasteiger partial charge in [-0.3, -0.25) is 4.79 Å². The predicted octanol–water partition coefficient (Wildman–Crippen LogP) is 1.89. The highest BCUT2D eigenvalue weighted by atomic mass is 35.5. The van der Waals surface area contributed by atoms with Gasteiger partial charge in [-0.15, -0.1) is 12.4 Å². The fourth-order valence-corrected chi connectivity index (χ4v) is 3.62. The van der Waals surface area contributed by atoms with E-state index < -0.39 is 11.5 Å². The van der Waals surface area contributed by atoms with Gasteiger partial charge in [0.25, 0.3) is 0 Å². The zero-order chi connectivity index (χ0) is 10.7. The van der Waals surface area contributed by atoms with Crippen LogP contribution >= 0.6 is 12.4 Å². The predicted molar refractivity (Wildman–Crippen MR) is 61.0 cm³/mol. The highest BCUT2D eigenvalue weighted by Gasteiger charge is 2.63. The Kier molecular flexibility index (Phi) is 2.86. The summed E-state index contributed by atoms with van der Waals surface area (Å²) in [5, 5.41) is 9.10. The van der Waals surface area contributed by atoms with Gasteiger partial charge in [-0.25, -0.2) is 0 Å². The van der Waals surface area contributed by atoms with E-state index in [1.54, 1.807) is 0 Å². The van der Waals surface area contributed by atoms with Crippen LogP contribution in [0.1, 0.15) is 33.6 Å². The molecule has 15 heavy (non-hydrogen) atoms. The third-order valence-corrected chi connectivity index (χ3v) is 4.79. The summed E-state index contributed by atoms with van der Waals surface area (Å²) in [5.41, 5.74) is 5.92. The lowest BCUT2D eigenvalue weighted by Gasteiger charge is -2.65. The quantitative estimate of drug-likeness (QED) is 0.727. The van der Waals surface area contributed by atoms with Gasteiger partial charge in [0.2, 0.25) is 0 Å². The number of fused-ring (bicyclic) bond motifs is 2. The molecular formula is C11H20ClNO2. The van der Waals surface area contributed by atoms with Gasteiger partial charge >= 0.3 is 5.97 Å². The van der Waals surface area contributed by atoms with Crippen molar-refractivity contribution in [3.8, 4) is 0 Å². The molecule has 0 saturated heterocycles. The van der Waals surface area contributed by atoms with Crippen molar-refractivity contribution in [3.63, 3.8) is 0 Å². The zero-order valence-corrected chi connectivity index (χ0v) is 10.3. The standard InChI is InChI=1S/C11H19NO2.ClH/c1-10(2)6-4-7(9(13)14)11(3,12)8(10)5-6;/h6-8H,4-5,12H2,1-3H3,(H,13,14);1H/t6-,7-,8+,11-;/m0./s1. The molecule has 3 rings (SSSR count). The van der Waals surface area contributed by atoms with Crippen LogP contribution in [0.2, 0.25) is 0 Å². The molecule has 0 aromatic heterocycles. The number of hydrogen-bond acceptors (Lipinski definition) is 2. The van der Waals surface area contributed by atoms with Gasteiger partial charge in [0.05, 0.1) is 5.92 Å². The van der Waals surface area contributed by atoms with E-state index in [2.05, 4.69) is 13.8 Å². The second kappa shape index (κ2) is 3.36. The first-order valence-electron chi connectivity index (χ1n) is 5.29. The van der Waals surface area contributed by atoms with Crippen LogP contribution in [-0.4, -0.2) is 16.6 Å². The van der Waals surface area contributed by atoms with Crippen molar-refractivity contribution in [3.05, 3.63) is 0 Å². The Labute approximate surface area is 96.8 Å². The maximum atomic E-state index is 11.1. The number of halogens is 1. The van der Waals surface area contributed by atoms with E-state index in [1.165, 1.54) is 0 Å². The number of rotatable bonds is 1. The summed E-state index contributed by atoms with van der Waals surface area (Å²) >= 11 is 0. The van der Waals surface area contributed by atoms with Crippen molar-refractivity contribution < 1.29 is 9.90 Å². The van der Waals surface area contributed by atoms with Crippen molar-refractivity contribution in [2.45, 2.75) is 39.2 Å². The van der Waals surface area contributed by atoms with E-state index in [-0.39, 0.29) is 23.7 Å². The molecule has 3 fully saturated rings. The minimum atomic E-state index is -0.722. The number of nitrogens with two attached hydrogens (primary N) is 1. The van der Waals surface area contributed by atoms with Crippen molar-refractivity contribution in [2.24, 2.45) is 28.9 Å². The van der Waals surface area contributed by atoms with Gasteiger partial charge < -0.3 is 10.8 Å². The van der Waals surface area contributed by atoms with Crippen LogP contribution in [0.5, 0.6) is 0 Å². The molecule has 88 valence electrons. The first kappa shape index (κ1) is 12.8. The van der Waals surface area contributed by atoms with Crippen molar-refractivity contribution in [2.75, 3.05) is 0 Å². The van der Waals surface area contributed by atoms with Gasteiger partial charge in [0.1, 0.15) is 0 Å². The lowest BCUT2D eigenvalue weighted by molar-refractivity contribution is -0.173. The van der Waals surface area contributed by atoms with E-state index >= 15 is 0 Å². The SMILES string of the molecule is CC1(C)[C@@H]2C[C@H]1[C@@](C)(N)[C@H](C(=O)O)C2.Cl. The normalized spacial score (nSPS) is 46.3. The molecule has 0 radical (unpaired) electrons. The molecule has 3 nitrogen and oxygen atoms in total. The van der Waals surface area contributed by atoms with Crippen LogP contribution in [0.25, 0.3) is 0 Å². The second-order valence-electron chi connectivity index (χ2n) is 5.80. The van der Waals surface area contributed by atoms with E-state index in [1.807, 2.05) is 6.92 Å². The van der Waals surface area contributed by atoms with Gasteiger partial charge in [-0.05, 0) is 37.0 Å². The topological polar surface area (TPSA) is 63.3 Å². The summed E-state index contributed by atoms with van der Waals surface area (Å²) < 4.78 is 0. The Hall–Kier alpha value is -0.280. The summed E-state index contributed by atoms with van der Waals surface area (Å²) in [6.45, 7) is 6.34. The van der Waals surface area contributed by atoms with Gasteiger partial charge in [0, 0.05) is 5.54 Å². The number of hydrogen-bond donors (Lipinski definition) is 2. The number of aliphatic carboxylic acids is 1. The van der Waals surface area contributed by atoms with Gasteiger partial charge in [0.15, 0.2) is 0 Å². The van der Waals surface area contributed by atoms with E-state index in [0.29, 0.717) is 11.8 Å². The van der Waals surface area contributed by atoms with Crippen molar-refractivity contribution in [1.82, 2.24) is 0 Å². The van der Waals surface area contributed by atoms with Crippen LogP contribution in [0, 0.1) is 23.2 Å². The molecule has 4 heteroatoms. The maximum Gasteiger partial charge on any atom is 0.308 e. The third-order valence-electron chi connectivity index (χ3n) is 4.79. The fourth-order valence-electron chi connectivity index (χ4n) is 3.62. The number of carboxylic acids is 1. The van der Waals surface area contributed by atoms with E-state index in [0.717, 1.165) is 12.8 Å². The summed E-state index contributed by atoms with van der Waals surface area (Å²) in [5.74, 6) is -0.139. The lowest BCUT2D eigenvalue weighted by atomic mass is 9.41. The number of carboxylic acid groups (broad SMARTS) is 1. The first-order chi connectivity index (χ1) is 6.28. The Bertz CT molecular complexity index is 288. The zero-order valence-electron chi connectivity index (χ0n) is 9.49. The summed E-state index contributed by atoms with van der Waals surface area (Å²) in [7, 11) is 0. The van der Waals surface area contributed by atoms with Crippen molar-refractivity contribution in [1.29, 1.82) is 0 Å². The Morgan fingerprint density at radius 2 is 1.87 bits per heavy atom. The molecule has 3 aliphatic carbocycles. The monoisotopic (exact) mass is 233 g/mol. The average molecular weight is 234 g/mol. The third kappa shape index (κ3) is 1.48. The Morgan fingerprint density at radius 3 is 2.20 bits per heavy atom. The van der Waals surface area contributed by atoms with Crippen LogP contribution in [0.3, 0.4) is 0 Å². The minimum Gasteiger partial charge on any atom is -0.481 e. The molecule has 0 aromatic rings. The Morgan fingerprint density at radius 1 is 1.33 bits per heavy atom. The van der Waals surface area contributed by atoms with E-state index in [4.69, 9.17) is 10.8 Å². The van der Waals surface area contributed by atoms with Crippen LogP contribution in [0.15, 0.2) is 0 Å². The molecule has 3 aliphatic rings. The molecule has 0 aliphatic heterocycles. The molecule has 0 heterocycles. The summed E-state index contributed by atoms with van der Waals surface area (Å²) in [6, 6.07) is 0. The molecule has 2 bridgehead atoms. The highest BCUT2D eigenvalue weighted by Crippen LogP contribution is 2.63. The maximum absolute atomic E-state index is 11.1. The molecular weight excluding hydrogens is 214 g/mol. The highest BCUT2D eigenvalue weighted by molar-refractivity contribution is 5.85. The molecule has 0 aromatic carbocycles. The second-order valence-corrected chi connectivity index (χ2v) is 5.80. The molecule has 0 spiro atoms. The van der Waals surface area contributed by atoms with E-state index in [9.17, 15) is 4.79 Å². The summed E-state index contributed by atoms with van der Waals surface area (Å²) in [4.78, 5) is 11.1. The van der Waals surface area contributed by atoms with Gasteiger partial charge in [-0.2, -0.15) is 0 Å². The smallest absolute Gasteiger partial charge is 0.308 e. The molecule has 0 unspecified atom stereocenters. The molecule has 3 N–H and O–H groups in total.